The summed E-state index contributed by atoms with van der Waals surface area (Å²) in [4.78, 5) is 11.9. The van der Waals surface area contributed by atoms with E-state index in [4.69, 9.17) is 0 Å². The quantitative estimate of drug-likeness (QED) is 0.924. The molecule has 0 bridgehead atoms. The molecule has 1 N–H and O–H groups in total. The molecule has 0 atom stereocenters. The first kappa shape index (κ1) is 13.5. The van der Waals surface area contributed by atoms with E-state index in [0.717, 1.165) is 10.0 Å². The van der Waals surface area contributed by atoms with Gasteiger partial charge in [0.1, 0.15) is 0 Å². The zero-order valence-electron chi connectivity index (χ0n) is 10.2. The van der Waals surface area contributed by atoms with Crippen LogP contribution in [0.25, 0.3) is 0 Å². The summed E-state index contributed by atoms with van der Waals surface area (Å²) in [6.07, 6.45) is 1.21. The molecular weight excluding hydrogens is 318 g/mol. The molecule has 2 rings (SSSR count). The highest BCUT2D eigenvalue weighted by atomic mass is 79.9. The maximum absolute atomic E-state index is 11.9. The number of hydrogen-bond donors (Lipinski definition) is 1. The van der Waals surface area contributed by atoms with Crippen LogP contribution in [0.1, 0.15) is 35.7 Å². The van der Waals surface area contributed by atoms with Gasteiger partial charge in [0.25, 0.3) is 5.91 Å². The van der Waals surface area contributed by atoms with Gasteiger partial charge < -0.3 is 0 Å². The molecule has 0 unspecified atom stereocenters. The lowest BCUT2D eigenvalue weighted by Gasteiger charge is -2.12. The van der Waals surface area contributed by atoms with Crippen molar-refractivity contribution in [1.29, 1.82) is 0 Å². The highest BCUT2D eigenvalue weighted by molar-refractivity contribution is 9.10. The number of hydrogen-bond acceptors (Lipinski definition) is 3. The summed E-state index contributed by atoms with van der Waals surface area (Å²) in [7, 11) is -3.57. The maximum atomic E-state index is 11.9. The third-order valence-corrected chi connectivity index (χ3v) is 6.30. The fraction of sp³-hybridized carbons (Fsp3) is 0.417. The first-order chi connectivity index (χ1) is 8.25. The average Bonchev–Trinajstić information content (AvgIpc) is 3.01. The minimum absolute atomic E-state index is 0.350. The second kappa shape index (κ2) is 4.35. The van der Waals surface area contributed by atoms with Gasteiger partial charge in [0, 0.05) is 10.0 Å². The van der Waals surface area contributed by atoms with Crippen molar-refractivity contribution in [3.05, 3.63) is 33.8 Å². The maximum Gasteiger partial charge on any atom is 0.264 e. The molecule has 18 heavy (non-hydrogen) atoms. The van der Waals surface area contributed by atoms with E-state index in [1.165, 1.54) is 0 Å². The number of sulfonamides is 1. The summed E-state index contributed by atoms with van der Waals surface area (Å²) < 4.78 is 26.1. The number of carbonyl (C=O) groups excluding carboxylic acids is 1. The molecule has 1 aromatic rings. The van der Waals surface area contributed by atoms with Crippen LogP contribution in [0, 0.1) is 6.92 Å². The van der Waals surface area contributed by atoms with Crippen LogP contribution in [0.5, 0.6) is 0 Å². The molecule has 1 amide bonds. The smallest absolute Gasteiger partial charge is 0.264 e. The molecule has 1 aromatic carbocycles. The van der Waals surface area contributed by atoms with Gasteiger partial charge in [-0.15, -0.1) is 0 Å². The van der Waals surface area contributed by atoms with Crippen molar-refractivity contribution in [2.45, 2.75) is 31.4 Å². The van der Waals surface area contributed by atoms with Crippen LogP contribution in [0.2, 0.25) is 0 Å². The number of rotatable bonds is 3. The molecule has 0 aromatic heterocycles. The SMILES string of the molecule is Cc1cc(C(=O)NS(=O)(=O)C2(C)CC2)ccc1Br. The standard InChI is InChI=1S/C12H14BrNO3S/c1-8-7-9(3-4-10(8)13)11(15)14-18(16,17)12(2)5-6-12/h3-4,7H,5-6H2,1-2H3,(H,14,15). The van der Waals surface area contributed by atoms with Gasteiger partial charge in [0.05, 0.1) is 4.75 Å². The van der Waals surface area contributed by atoms with Gasteiger partial charge in [0.15, 0.2) is 0 Å². The molecule has 1 fully saturated rings. The van der Waals surface area contributed by atoms with Gasteiger partial charge in [-0.3, -0.25) is 4.79 Å². The van der Waals surface area contributed by atoms with Gasteiger partial charge >= 0.3 is 0 Å². The number of amides is 1. The Balaban J connectivity index is 2.20. The Labute approximate surface area is 115 Å². The molecular formula is C12H14BrNO3S. The van der Waals surface area contributed by atoms with Gasteiger partial charge in [-0.25, -0.2) is 13.1 Å². The molecule has 0 spiro atoms. The molecule has 0 heterocycles. The lowest BCUT2D eigenvalue weighted by Crippen LogP contribution is -2.38. The van der Waals surface area contributed by atoms with Crippen LogP contribution in [0.4, 0.5) is 0 Å². The van der Waals surface area contributed by atoms with Crippen LogP contribution < -0.4 is 4.72 Å². The molecule has 98 valence electrons. The predicted octanol–water partition coefficient (Wildman–Crippen LogP) is 2.37. The lowest BCUT2D eigenvalue weighted by molar-refractivity contribution is 0.0981. The lowest BCUT2D eigenvalue weighted by atomic mass is 10.1. The monoisotopic (exact) mass is 331 g/mol. The second-order valence-corrected chi connectivity index (χ2v) is 7.90. The summed E-state index contributed by atoms with van der Waals surface area (Å²) in [5.74, 6) is -0.571. The van der Waals surface area contributed by atoms with Crippen molar-refractivity contribution < 1.29 is 13.2 Å². The van der Waals surface area contributed by atoms with Crippen molar-refractivity contribution in [2.24, 2.45) is 0 Å². The summed E-state index contributed by atoms with van der Waals surface area (Å²) in [6.45, 7) is 3.49. The van der Waals surface area contributed by atoms with E-state index in [1.54, 1.807) is 25.1 Å². The van der Waals surface area contributed by atoms with Crippen molar-refractivity contribution in [3.63, 3.8) is 0 Å². The van der Waals surface area contributed by atoms with E-state index in [9.17, 15) is 13.2 Å². The van der Waals surface area contributed by atoms with Crippen molar-refractivity contribution in [3.8, 4) is 0 Å². The van der Waals surface area contributed by atoms with Crippen LogP contribution in [0.15, 0.2) is 22.7 Å². The molecule has 1 saturated carbocycles. The Hall–Kier alpha value is -0.880. The highest BCUT2D eigenvalue weighted by Gasteiger charge is 2.50. The van der Waals surface area contributed by atoms with E-state index >= 15 is 0 Å². The van der Waals surface area contributed by atoms with E-state index in [0.29, 0.717) is 18.4 Å². The number of nitrogens with one attached hydrogen (secondary N) is 1. The van der Waals surface area contributed by atoms with Gasteiger partial charge in [-0.1, -0.05) is 15.9 Å². The molecule has 0 saturated heterocycles. The van der Waals surface area contributed by atoms with Crippen molar-refractivity contribution in [2.75, 3.05) is 0 Å². The highest BCUT2D eigenvalue weighted by Crippen LogP contribution is 2.42. The Morgan fingerprint density at radius 3 is 2.50 bits per heavy atom. The molecule has 0 radical (unpaired) electrons. The van der Waals surface area contributed by atoms with E-state index in [1.807, 2.05) is 6.92 Å². The Bertz CT molecular complexity index is 606. The topological polar surface area (TPSA) is 63.2 Å². The minimum Gasteiger partial charge on any atom is -0.268 e. The van der Waals surface area contributed by atoms with Gasteiger partial charge in [0.2, 0.25) is 10.0 Å². The van der Waals surface area contributed by atoms with Crippen LogP contribution in [-0.2, 0) is 10.0 Å². The summed E-state index contributed by atoms with van der Waals surface area (Å²) in [5.41, 5.74) is 1.24. The first-order valence-corrected chi connectivity index (χ1v) is 7.86. The summed E-state index contributed by atoms with van der Waals surface area (Å²) in [5, 5.41) is 0. The number of benzene rings is 1. The third kappa shape index (κ3) is 2.44. The Morgan fingerprint density at radius 1 is 1.39 bits per heavy atom. The number of halogens is 1. The van der Waals surface area contributed by atoms with Crippen LogP contribution in [0.3, 0.4) is 0 Å². The zero-order chi connectivity index (χ0) is 13.6. The molecule has 1 aliphatic carbocycles. The first-order valence-electron chi connectivity index (χ1n) is 5.58. The van der Waals surface area contributed by atoms with E-state index in [-0.39, 0.29) is 0 Å². The van der Waals surface area contributed by atoms with Gasteiger partial charge in [-0.2, -0.15) is 0 Å². The Kier molecular flexibility index (Phi) is 3.27. The van der Waals surface area contributed by atoms with E-state index in [2.05, 4.69) is 20.7 Å². The molecule has 6 heteroatoms. The zero-order valence-corrected chi connectivity index (χ0v) is 12.6. The minimum atomic E-state index is -3.57. The van der Waals surface area contributed by atoms with Crippen molar-refractivity contribution >= 4 is 31.9 Å². The van der Waals surface area contributed by atoms with Crippen molar-refractivity contribution in [1.82, 2.24) is 4.72 Å². The third-order valence-electron chi connectivity index (χ3n) is 3.25. The molecule has 0 aliphatic heterocycles. The Morgan fingerprint density at radius 2 is 2.00 bits per heavy atom. The largest absolute Gasteiger partial charge is 0.268 e. The fourth-order valence-corrected chi connectivity index (χ4v) is 3.03. The van der Waals surface area contributed by atoms with Crippen LogP contribution in [-0.4, -0.2) is 19.1 Å². The predicted molar refractivity (Wildman–Crippen MR) is 72.9 cm³/mol. The summed E-state index contributed by atoms with van der Waals surface area (Å²) >= 11 is 3.33. The summed E-state index contributed by atoms with van der Waals surface area (Å²) in [6, 6.07) is 4.98. The second-order valence-electron chi connectivity index (χ2n) is 4.85. The number of carbonyl (C=O) groups is 1. The average molecular weight is 332 g/mol. The number of aryl methyl sites for hydroxylation is 1. The van der Waals surface area contributed by atoms with E-state index < -0.39 is 20.7 Å². The molecule has 1 aliphatic rings. The van der Waals surface area contributed by atoms with Gasteiger partial charge in [-0.05, 0) is 50.5 Å². The fourth-order valence-electron chi connectivity index (χ4n) is 1.53. The molecule has 4 nitrogen and oxygen atoms in total. The van der Waals surface area contributed by atoms with Crippen LogP contribution >= 0.6 is 15.9 Å². The normalized spacial score (nSPS) is 17.3.